The quantitative estimate of drug-likeness (QED) is 0.0212. The van der Waals surface area contributed by atoms with E-state index >= 15 is 0 Å². The Morgan fingerprint density at radius 2 is 0.985 bits per heavy atom. The van der Waals surface area contributed by atoms with E-state index in [-0.39, 0.29) is 24.9 Å². The van der Waals surface area contributed by atoms with Crippen molar-refractivity contribution in [2.24, 2.45) is 0 Å². The average molecular weight is 933 g/mol. The van der Waals surface area contributed by atoms with Crippen LogP contribution in [0.15, 0.2) is 60.8 Å². The van der Waals surface area contributed by atoms with Crippen LogP contribution in [0, 0.1) is 0 Å². The van der Waals surface area contributed by atoms with Gasteiger partial charge in [0.1, 0.15) is 19.3 Å². The Morgan fingerprint density at radius 3 is 1.51 bits per heavy atom. The second-order valence-corrected chi connectivity index (χ2v) is 20.4. The van der Waals surface area contributed by atoms with Crippen molar-refractivity contribution in [3.8, 4) is 0 Å². The van der Waals surface area contributed by atoms with Crippen molar-refractivity contribution in [1.29, 1.82) is 0 Å². The lowest BCUT2D eigenvalue weighted by molar-refractivity contribution is -0.870. The van der Waals surface area contributed by atoms with Gasteiger partial charge in [-0.1, -0.05) is 185 Å². The van der Waals surface area contributed by atoms with Crippen molar-refractivity contribution >= 4 is 19.7 Å². The van der Waals surface area contributed by atoms with E-state index in [9.17, 15) is 19.0 Å². The maximum Gasteiger partial charge on any atom is 0.306 e. The van der Waals surface area contributed by atoms with Crippen LogP contribution < -0.4 is 10.2 Å². The third-order valence-electron chi connectivity index (χ3n) is 11.4. The van der Waals surface area contributed by atoms with Gasteiger partial charge in [-0.15, -0.1) is 0 Å². The lowest BCUT2D eigenvalue weighted by Crippen LogP contribution is -2.47. The molecular formula is C55H101N2O7P. The van der Waals surface area contributed by atoms with E-state index in [1.165, 1.54) is 89.9 Å². The van der Waals surface area contributed by atoms with Crippen LogP contribution in [0.2, 0.25) is 0 Å². The summed E-state index contributed by atoms with van der Waals surface area (Å²) in [4.78, 5) is 39.7. The second-order valence-electron chi connectivity index (χ2n) is 19.0. The van der Waals surface area contributed by atoms with Gasteiger partial charge in [-0.05, 0) is 89.5 Å². The normalized spacial score (nSPS) is 14.4. The molecule has 0 bridgehead atoms. The van der Waals surface area contributed by atoms with Crippen molar-refractivity contribution in [2.45, 2.75) is 238 Å². The number of hydrogen-bond donors (Lipinski definition) is 1. The van der Waals surface area contributed by atoms with Gasteiger partial charge >= 0.3 is 5.97 Å². The molecule has 0 aliphatic rings. The van der Waals surface area contributed by atoms with Crippen molar-refractivity contribution < 1.29 is 37.3 Å². The van der Waals surface area contributed by atoms with Gasteiger partial charge in [0.2, 0.25) is 5.91 Å². The summed E-state index contributed by atoms with van der Waals surface area (Å²) in [6.45, 7) is 6.67. The van der Waals surface area contributed by atoms with Crippen molar-refractivity contribution in [2.75, 3.05) is 40.9 Å². The molecule has 0 spiro atoms. The summed E-state index contributed by atoms with van der Waals surface area (Å²) in [5.74, 6) is -0.588. The lowest BCUT2D eigenvalue weighted by atomic mass is 10.1. The molecule has 0 saturated heterocycles. The van der Waals surface area contributed by atoms with Crippen LogP contribution in [0.25, 0.3) is 0 Å². The van der Waals surface area contributed by atoms with Gasteiger partial charge in [-0.25, -0.2) is 0 Å². The molecule has 378 valence electrons. The van der Waals surface area contributed by atoms with Crippen molar-refractivity contribution in [3.05, 3.63) is 60.8 Å². The summed E-state index contributed by atoms with van der Waals surface area (Å²) < 4.78 is 30.1. The maximum atomic E-state index is 13.4. The highest BCUT2D eigenvalue weighted by atomic mass is 31.2. The number of carbonyl (C=O) groups is 2. The molecule has 0 fully saturated rings. The zero-order valence-corrected chi connectivity index (χ0v) is 43.8. The van der Waals surface area contributed by atoms with Gasteiger partial charge in [0.25, 0.3) is 7.82 Å². The van der Waals surface area contributed by atoms with E-state index in [0.29, 0.717) is 30.3 Å². The number of unbranched alkanes of at least 4 members (excludes halogenated alkanes) is 23. The van der Waals surface area contributed by atoms with Crippen molar-refractivity contribution in [1.82, 2.24) is 5.32 Å². The van der Waals surface area contributed by atoms with Crippen LogP contribution in [0.3, 0.4) is 0 Å². The highest BCUT2D eigenvalue weighted by Gasteiger charge is 2.27. The molecule has 3 unspecified atom stereocenters. The van der Waals surface area contributed by atoms with E-state index < -0.39 is 26.6 Å². The zero-order chi connectivity index (χ0) is 48.0. The number of esters is 1. The summed E-state index contributed by atoms with van der Waals surface area (Å²) in [6.07, 6.45) is 54.7. The molecule has 0 aliphatic heterocycles. The fraction of sp³-hybridized carbons (Fsp3) is 0.782. The summed E-state index contributed by atoms with van der Waals surface area (Å²) in [5.41, 5.74) is 0. The Balaban J connectivity index is 5.49. The number of nitrogens with zero attached hydrogens (tertiary/aromatic N) is 1. The molecule has 0 aliphatic carbocycles. The van der Waals surface area contributed by atoms with Crippen LogP contribution in [-0.2, 0) is 27.9 Å². The number of hydrogen-bond acceptors (Lipinski definition) is 7. The number of carbonyl (C=O) groups excluding carboxylic acids is 2. The van der Waals surface area contributed by atoms with Crippen molar-refractivity contribution in [3.63, 3.8) is 0 Å². The molecule has 1 amide bonds. The van der Waals surface area contributed by atoms with Crippen LogP contribution in [0.1, 0.15) is 226 Å². The minimum atomic E-state index is -4.70. The first kappa shape index (κ1) is 62.7. The SMILES string of the molecule is CC/C=C/C/C=C/C/C=C/CCCCCCC(=O)OC(/C=C/CCCCCCCCCCCC)C(COP(=O)([O-])OCC[N+](C)(C)C)NC(=O)CCCCC/C=C\CCCCCCCC. The van der Waals surface area contributed by atoms with Gasteiger partial charge in [-0.3, -0.25) is 14.2 Å². The minimum Gasteiger partial charge on any atom is -0.756 e. The second kappa shape index (κ2) is 45.5. The number of phosphoric ester groups is 1. The fourth-order valence-electron chi connectivity index (χ4n) is 7.29. The van der Waals surface area contributed by atoms with Gasteiger partial charge in [0.05, 0.1) is 33.8 Å². The van der Waals surface area contributed by atoms with Crippen LogP contribution in [-0.4, -0.2) is 69.4 Å². The van der Waals surface area contributed by atoms with E-state index in [2.05, 4.69) is 74.7 Å². The molecule has 0 heterocycles. The van der Waals surface area contributed by atoms with Gasteiger partial charge in [0, 0.05) is 12.8 Å². The van der Waals surface area contributed by atoms with Gasteiger partial charge in [0.15, 0.2) is 0 Å². The predicted octanol–water partition coefficient (Wildman–Crippen LogP) is 14.9. The van der Waals surface area contributed by atoms with Crippen LogP contribution in [0.5, 0.6) is 0 Å². The zero-order valence-electron chi connectivity index (χ0n) is 42.9. The molecule has 1 N–H and O–H groups in total. The molecular weight excluding hydrogens is 832 g/mol. The largest absolute Gasteiger partial charge is 0.756 e. The van der Waals surface area contributed by atoms with E-state index in [1.807, 2.05) is 33.3 Å². The Labute approximate surface area is 401 Å². The number of rotatable bonds is 47. The highest BCUT2D eigenvalue weighted by Crippen LogP contribution is 2.38. The number of amides is 1. The lowest BCUT2D eigenvalue weighted by Gasteiger charge is -2.30. The molecule has 9 nitrogen and oxygen atoms in total. The molecule has 0 aromatic carbocycles. The maximum absolute atomic E-state index is 13.4. The topological polar surface area (TPSA) is 114 Å². The predicted molar refractivity (Wildman–Crippen MR) is 275 cm³/mol. The third-order valence-corrected chi connectivity index (χ3v) is 12.4. The minimum absolute atomic E-state index is 0.0302. The van der Waals surface area contributed by atoms with E-state index in [1.54, 1.807) is 0 Å². The Bertz CT molecular complexity index is 1300. The standard InChI is InChI=1S/C55H101N2O7P/c1-7-10-13-16-19-22-25-28-30-33-36-39-42-45-48-55(59)64-53(46-43-40-37-34-31-27-24-21-18-15-12-9-3)52(51-63-65(60,61)62-50-49-57(4,5)6)56-54(58)47-44-41-38-35-32-29-26-23-20-17-14-11-8-2/h10,13,19,22,28-30,32,43,46,52-53H,7-9,11-12,14-18,20-21,23-27,31,33-42,44-45,47-51H2,1-6H3,(H-,56,58,60,61)/b13-10+,22-19+,30-28+,32-29-,46-43+. The number of quaternary nitrogens is 1. The van der Waals surface area contributed by atoms with E-state index in [0.717, 1.165) is 89.9 Å². The first-order chi connectivity index (χ1) is 31.4. The van der Waals surface area contributed by atoms with Gasteiger partial charge in [-0.2, -0.15) is 0 Å². The molecule has 0 saturated carbocycles. The van der Waals surface area contributed by atoms with Crippen LogP contribution in [0.4, 0.5) is 0 Å². The number of ether oxygens (including phenoxy) is 1. The number of phosphoric acid groups is 1. The number of likely N-dealkylation sites (N-methyl/N-ethyl adjacent to an activating group) is 1. The summed E-state index contributed by atoms with van der Waals surface area (Å²) in [5, 5.41) is 2.99. The van der Waals surface area contributed by atoms with Crippen LogP contribution >= 0.6 is 7.82 Å². The van der Waals surface area contributed by atoms with Gasteiger partial charge < -0.3 is 28.5 Å². The molecule has 0 aromatic rings. The average Bonchev–Trinajstić information content (AvgIpc) is 3.26. The Kier molecular flexibility index (Phi) is 43.9. The first-order valence-electron chi connectivity index (χ1n) is 26.6. The molecule has 0 rings (SSSR count). The number of allylic oxidation sites excluding steroid dienone is 9. The Morgan fingerprint density at radius 1 is 0.554 bits per heavy atom. The number of nitrogens with one attached hydrogen (secondary N) is 1. The molecule has 0 radical (unpaired) electrons. The molecule has 65 heavy (non-hydrogen) atoms. The first-order valence-corrected chi connectivity index (χ1v) is 28.1. The monoisotopic (exact) mass is 933 g/mol. The fourth-order valence-corrected chi connectivity index (χ4v) is 8.02. The summed E-state index contributed by atoms with van der Waals surface area (Å²) in [7, 11) is 1.16. The highest BCUT2D eigenvalue weighted by molar-refractivity contribution is 7.45. The Hall–Kier alpha value is -2.29. The summed E-state index contributed by atoms with van der Waals surface area (Å²) in [6, 6.07) is -0.904. The molecule has 3 atom stereocenters. The smallest absolute Gasteiger partial charge is 0.306 e. The molecule has 10 heteroatoms. The third kappa shape index (κ3) is 46.6. The van der Waals surface area contributed by atoms with E-state index in [4.69, 9.17) is 13.8 Å². The summed E-state index contributed by atoms with van der Waals surface area (Å²) >= 11 is 0. The molecule has 0 aromatic heterocycles.